The molecule has 0 spiro atoms. The second-order valence-electron chi connectivity index (χ2n) is 5.24. The third-order valence-electron chi connectivity index (χ3n) is 3.40. The van der Waals surface area contributed by atoms with Gasteiger partial charge in [-0.2, -0.15) is 0 Å². The van der Waals surface area contributed by atoms with Gasteiger partial charge in [0.05, 0.1) is 17.6 Å². The lowest BCUT2D eigenvalue weighted by Crippen LogP contribution is -2.48. The lowest BCUT2D eigenvalue weighted by molar-refractivity contribution is -0.384. The molecule has 0 fully saturated rings. The highest BCUT2D eigenvalue weighted by Crippen LogP contribution is 2.11. The molecule has 0 aromatic heterocycles. The van der Waals surface area contributed by atoms with Crippen LogP contribution in [0.1, 0.15) is 31.1 Å². The van der Waals surface area contributed by atoms with Gasteiger partial charge in [-0.15, -0.1) is 0 Å². The number of thiocarbonyl (C=S) groups is 1. The SMILES string of the molecule is COC(=O)c1cccc(C(=O)NC(=S)NNC(=O)c2ccc([N+](=O)[O-])cc2)c1. The van der Waals surface area contributed by atoms with Crippen LogP contribution in [0.15, 0.2) is 48.5 Å². The van der Waals surface area contributed by atoms with Crippen LogP contribution in [-0.4, -0.2) is 34.9 Å². The predicted octanol–water partition coefficient (Wildman–Crippen LogP) is 1.33. The number of carbonyl (C=O) groups is 3. The van der Waals surface area contributed by atoms with E-state index in [2.05, 4.69) is 20.9 Å². The first kappa shape index (κ1) is 20.5. The van der Waals surface area contributed by atoms with Crippen LogP contribution >= 0.6 is 12.2 Å². The highest BCUT2D eigenvalue weighted by Gasteiger charge is 2.13. The van der Waals surface area contributed by atoms with Crippen LogP contribution in [0.2, 0.25) is 0 Å². The fourth-order valence-corrected chi connectivity index (χ4v) is 2.18. The van der Waals surface area contributed by atoms with Crippen molar-refractivity contribution in [3.05, 3.63) is 75.3 Å². The summed E-state index contributed by atoms with van der Waals surface area (Å²) in [4.78, 5) is 45.7. The first-order valence-corrected chi connectivity index (χ1v) is 8.07. The van der Waals surface area contributed by atoms with E-state index in [-0.39, 0.29) is 27.5 Å². The number of benzene rings is 2. The molecule has 11 heteroatoms. The van der Waals surface area contributed by atoms with Gasteiger partial charge in [0.25, 0.3) is 17.5 Å². The van der Waals surface area contributed by atoms with Crippen LogP contribution in [0.25, 0.3) is 0 Å². The van der Waals surface area contributed by atoms with Gasteiger partial charge in [-0.1, -0.05) is 6.07 Å². The number of esters is 1. The normalized spacial score (nSPS) is 9.75. The van der Waals surface area contributed by atoms with Crippen molar-refractivity contribution in [2.75, 3.05) is 7.11 Å². The van der Waals surface area contributed by atoms with Gasteiger partial charge in [-0.25, -0.2) is 4.79 Å². The number of hydrazine groups is 1. The van der Waals surface area contributed by atoms with Gasteiger partial charge < -0.3 is 4.74 Å². The summed E-state index contributed by atoms with van der Waals surface area (Å²) in [5.74, 6) is -1.81. The summed E-state index contributed by atoms with van der Waals surface area (Å²) in [5.41, 5.74) is 4.95. The quantitative estimate of drug-likeness (QED) is 0.301. The monoisotopic (exact) mass is 402 g/mol. The van der Waals surface area contributed by atoms with Crippen LogP contribution < -0.4 is 16.2 Å². The van der Waals surface area contributed by atoms with Gasteiger partial charge in [0, 0.05) is 23.3 Å². The van der Waals surface area contributed by atoms with E-state index in [0.717, 1.165) is 0 Å². The molecule has 0 saturated carbocycles. The molecule has 0 bridgehead atoms. The number of nitro benzene ring substituents is 1. The summed E-state index contributed by atoms with van der Waals surface area (Å²) < 4.78 is 4.59. The van der Waals surface area contributed by atoms with E-state index in [0.29, 0.717) is 0 Å². The molecular formula is C17H14N4O6S. The number of hydrogen-bond donors (Lipinski definition) is 3. The van der Waals surface area contributed by atoms with Crippen molar-refractivity contribution in [3.8, 4) is 0 Å². The number of rotatable bonds is 4. The number of nitrogens with one attached hydrogen (secondary N) is 3. The average molecular weight is 402 g/mol. The van der Waals surface area contributed by atoms with Gasteiger partial charge in [0.2, 0.25) is 0 Å². The second kappa shape index (κ2) is 9.19. The molecule has 2 aromatic rings. The Morgan fingerprint density at radius 2 is 1.61 bits per heavy atom. The minimum Gasteiger partial charge on any atom is -0.465 e. The van der Waals surface area contributed by atoms with Crippen molar-refractivity contribution in [1.82, 2.24) is 16.2 Å². The zero-order valence-corrected chi connectivity index (χ0v) is 15.2. The summed E-state index contributed by atoms with van der Waals surface area (Å²) in [6, 6.07) is 10.7. The fourth-order valence-electron chi connectivity index (χ4n) is 2.03. The predicted molar refractivity (Wildman–Crippen MR) is 102 cm³/mol. The zero-order chi connectivity index (χ0) is 20.7. The molecule has 0 atom stereocenters. The molecule has 0 aliphatic rings. The van der Waals surface area contributed by atoms with E-state index in [9.17, 15) is 24.5 Å². The standard InChI is InChI=1S/C17H14N4O6S/c1-27-16(24)12-4-2-3-11(9-12)14(22)18-17(28)20-19-15(23)10-5-7-13(8-6-10)21(25)26/h2-9H,1H3,(H,19,23)(H2,18,20,22,28). The van der Waals surface area contributed by atoms with Crippen molar-refractivity contribution < 1.29 is 24.0 Å². The van der Waals surface area contributed by atoms with Crippen molar-refractivity contribution in [2.45, 2.75) is 0 Å². The number of ether oxygens (including phenoxy) is 1. The third-order valence-corrected chi connectivity index (χ3v) is 3.61. The highest BCUT2D eigenvalue weighted by atomic mass is 32.1. The van der Waals surface area contributed by atoms with Gasteiger partial charge in [0.1, 0.15) is 0 Å². The number of amides is 2. The van der Waals surface area contributed by atoms with Crippen LogP contribution in [-0.2, 0) is 4.74 Å². The van der Waals surface area contributed by atoms with E-state index in [1.807, 2.05) is 0 Å². The van der Waals surface area contributed by atoms with Crippen molar-refractivity contribution in [3.63, 3.8) is 0 Å². The van der Waals surface area contributed by atoms with E-state index >= 15 is 0 Å². The lowest BCUT2D eigenvalue weighted by atomic mass is 10.1. The van der Waals surface area contributed by atoms with Crippen molar-refractivity contribution in [1.29, 1.82) is 0 Å². The number of nitro groups is 1. The Balaban J connectivity index is 1.91. The maximum absolute atomic E-state index is 12.2. The largest absolute Gasteiger partial charge is 0.465 e. The molecule has 0 saturated heterocycles. The summed E-state index contributed by atoms with van der Waals surface area (Å²) in [5, 5.41) is 12.7. The molecule has 0 aliphatic heterocycles. The molecule has 0 radical (unpaired) electrons. The van der Waals surface area contributed by atoms with E-state index in [1.165, 1.54) is 55.6 Å². The van der Waals surface area contributed by atoms with Crippen LogP contribution in [0.5, 0.6) is 0 Å². The van der Waals surface area contributed by atoms with E-state index < -0.39 is 22.7 Å². The maximum Gasteiger partial charge on any atom is 0.337 e. The minimum absolute atomic E-state index is 0.151. The molecule has 2 aromatic carbocycles. The summed E-state index contributed by atoms with van der Waals surface area (Å²) in [6.45, 7) is 0. The van der Waals surface area contributed by atoms with Gasteiger partial charge >= 0.3 is 5.97 Å². The number of hydrogen-bond acceptors (Lipinski definition) is 7. The molecule has 0 unspecified atom stereocenters. The molecule has 0 heterocycles. The maximum atomic E-state index is 12.2. The molecule has 3 N–H and O–H groups in total. The zero-order valence-electron chi connectivity index (χ0n) is 14.4. The fraction of sp³-hybridized carbons (Fsp3) is 0.0588. The molecule has 2 rings (SSSR count). The summed E-state index contributed by atoms with van der Waals surface area (Å²) in [7, 11) is 1.22. The summed E-state index contributed by atoms with van der Waals surface area (Å²) in [6.07, 6.45) is 0. The van der Waals surface area contributed by atoms with Crippen LogP contribution in [0.4, 0.5) is 5.69 Å². The minimum atomic E-state index is -0.612. The topological polar surface area (TPSA) is 140 Å². The second-order valence-corrected chi connectivity index (χ2v) is 5.65. The van der Waals surface area contributed by atoms with E-state index in [4.69, 9.17) is 12.2 Å². The number of nitrogens with zero attached hydrogens (tertiary/aromatic N) is 1. The first-order chi connectivity index (χ1) is 13.3. The third kappa shape index (κ3) is 5.32. The van der Waals surface area contributed by atoms with Gasteiger partial charge in [0.15, 0.2) is 5.11 Å². The lowest BCUT2D eigenvalue weighted by Gasteiger charge is -2.11. The Kier molecular flexibility index (Phi) is 6.71. The molecule has 2 amide bonds. The van der Waals surface area contributed by atoms with Gasteiger partial charge in [-0.05, 0) is 42.5 Å². The van der Waals surface area contributed by atoms with Gasteiger partial charge in [-0.3, -0.25) is 35.9 Å². The van der Waals surface area contributed by atoms with Crippen LogP contribution in [0, 0.1) is 10.1 Å². The highest BCUT2D eigenvalue weighted by molar-refractivity contribution is 7.80. The molecular weight excluding hydrogens is 388 g/mol. The molecule has 0 aliphatic carbocycles. The Bertz CT molecular complexity index is 945. The Morgan fingerprint density at radius 3 is 2.21 bits per heavy atom. The first-order valence-electron chi connectivity index (χ1n) is 7.66. The number of carbonyl (C=O) groups excluding carboxylic acids is 3. The number of non-ortho nitro benzene ring substituents is 1. The number of methoxy groups -OCH3 is 1. The van der Waals surface area contributed by atoms with Crippen molar-refractivity contribution >= 4 is 40.8 Å². The molecule has 144 valence electrons. The Morgan fingerprint density at radius 1 is 0.964 bits per heavy atom. The van der Waals surface area contributed by atoms with Crippen LogP contribution in [0.3, 0.4) is 0 Å². The summed E-state index contributed by atoms with van der Waals surface area (Å²) >= 11 is 4.92. The van der Waals surface area contributed by atoms with E-state index in [1.54, 1.807) is 0 Å². The molecule has 28 heavy (non-hydrogen) atoms. The Hall–Kier alpha value is -3.86. The Labute approximate surface area is 164 Å². The molecule has 10 nitrogen and oxygen atoms in total. The smallest absolute Gasteiger partial charge is 0.337 e. The average Bonchev–Trinajstić information content (AvgIpc) is 2.71. The van der Waals surface area contributed by atoms with Crippen molar-refractivity contribution in [2.24, 2.45) is 0 Å².